The maximum atomic E-state index is 14.4. The fraction of sp³-hybridized carbons (Fsp3) is 0.429. The molecule has 3 aromatic rings. The van der Waals surface area contributed by atoms with Crippen LogP contribution in [0.2, 0.25) is 0 Å². The van der Waals surface area contributed by atoms with Crippen LogP contribution in [0, 0.1) is 6.92 Å². The summed E-state index contributed by atoms with van der Waals surface area (Å²) in [6, 6.07) is 17.8. The van der Waals surface area contributed by atoms with Crippen molar-refractivity contribution in [3.63, 3.8) is 0 Å². The van der Waals surface area contributed by atoms with Gasteiger partial charge in [-0.05, 0) is 75.1 Å². The van der Waals surface area contributed by atoms with Crippen LogP contribution in [0.3, 0.4) is 0 Å². The molecule has 1 saturated carbocycles. The number of nitrogens with zero attached hydrogens (tertiary/aromatic N) is 2. The van der Waals surface area contributed by atoms with E-state index in [2.05, 4.69) is 5.32 Å². The third-order valence-corrected chi connectivity index (χ3v) is 9.95. The van der Waals surface area contributed by atoms with E-state index in [0.29, 0.717) is 24.5 Å². The van der Waals surface area contributed by atoms with E-state index in [1.165, 1.54) is 37.3 Å². The van der Waals surface area contributed by atoms with Gasteiger partial charge in [-0.2, -0.15) is 0 Å². The number of benzene rings is 3. The molecule has 2 amide bonds. The van der Waals surface area contributed by atoms with Crippen molar-refractivity contribution in [2.24, 2.45) is 0 Å². The number of hydrogen-bond donors (Lipinski definition) is 1. The normalized spacial score (nSPS) is 13.9. The van der Waals surface area contributed by atoms with E-state index in [4.69, 9.17) is 14.2 Å². The molecule has 0 heterocycles. The van der Waals surface area contributed by atoms with E-state index in [9.17, 15) is 18.0 Å². The Morgan fingerprint density at radius 2 is 1.63 bits per heavy atom. The number of amides is 2. The standard InChI is InChI=1S/C35H45N3O7S/c1-6-31(35(40)36-27-13-8-9-14-27)37(23-26-12-10-11-25(3)21-26)34(39)24-38(28-15-17-29(18-16-28)45-7-2)46(41,42)30-19-20-32(43-4)33(22-30)44-5/h10-12,15-22,27,31H,6-9,13-14,23-24H2,1-5H3,(H,36,40)/t31-/m1/s1. The molecule has 10 nitrogen and oxygen atoms in total. The Bertz CT molecular complexity index is 1590. The first-order chi connectivity index (χ1) is 22.1. The Hall–Kier alpha value is -4.25. The van der Waals surface area contributed by atoms with Gasteiger partial charge in [-0.25, -0.2) is 8.42 Å². The minimum absolute atomic E-state index is 0.0725. The molecule has 0 radical (unpaired) electrons. The number of ether oxygens (including phenoxy) is 3. The Morgan fingerprint density at radius 1 is 0.935 bits per heavy atom. The third kappa shape index (κ3) is 8.31. The number of aryl methyl sites for hydroxylation is 1. The maximum Gasteiger partial charge on any atom is 0.264 e. The van der Waals surface area contributed by atoms with Gasteiger partial charge in [0.05, 0.1) is 31.4 Å². The van der Waals surface area contributed by atoms with Crippen LogP contribution in [-0.2, 0) is 26.2 Å². The van der Waals surface area contributed by atoms with Crippen LogP contribution in [0.4, 0.5) is 5.69 Å². The Kier molecular flexibility index (Phi) is 11.9. The second-order valence-electron chi connectivity index (χ2n) is 11.4. The molecule has 4 rings (SSSR count). The first-order valence-corrected chi connectivity index (χ1v) is 17.2. The molecule has 1 fully saturated rings. The van der Waals surface area contributed by atoms with Gasteiger partial charge in [0.2, 0.25) is 11.8 Å². The van der Waals surface area contributed by atoms with Crippen molar-refractivity contribution in [3.8, 4) is 17.2 Å². The highest BCUT2D eigenvalue weighted by molar-refractivity contribution is 7.92. The van der Waals surface area contributed by atoms with Gasteiger partial charge in [-0.15, -0.1) is 0 Å². The number of carbonyl (C=O) groups excluding carboxylic acids is 2. The molecule has 1 aliphatic carbocycles. The third-order valence-electron chi connectivity index (χ3n) is 8.18. The van der Waals surface area contributed by atoms with Crippen molar-refractivity contribution >= 4 is 27.5 Å². The van der Waals surface area contributed by atoms with Crippen LogP contribution >= 0.6 is 0 Å². The Morgan fingerprint density at radius 3 is 2.24 bits per heavy atom. The van der Waals surface area contributed by atoms with Gasteiger partial charge in [0.1, 0.15) is 18.3 Å². The predicted molar refractivity (Wildman–Crippen MR) is 178 cm³/mol. The first kappa shape index (κ1) is 34.6. The summed E-state index contributed by atoms with van der Waals surface area (Å²) in [5, 5.41) is 3.14. The lowest BCUT2D eigenvalue weighted by molar-refractivity contribution is -0.140. The second kappa shape index (κ2) is 15.8. The number of hydrogen-bond acceptors (Lipinski definition) is 7. The molecule has 11 heteroatoms. The molecule has 1 N–H and O–H groups in total. The SMILES string of the molecule is CCOc1ccc(N(CC(=O)N(Cc2cccc(C)c2)[C@H](CC)C(=O)NC2CCCC2)S(=O)(=O)c2ccc(OC)c(OC)c2)cc1. The van der Waals surface area contributed by atoms with Crippen LogP contribution in [-0.4, -0.2) is 64.6 Å². The molecular weight excluding hydrogens is 606 g/mol. The number of methoxy groups -OCH3 is 2. The smallest absolute Gasteiger partial charge is 0.264 e. The quantitative estimate of drug-likeness (QED) is 0.232. The number of nitrogens with one attached hydrogen (secondary N) is 1. The Labute approximate surface area is 272 Å². The number of rotatable bonds is 15. The molecule has 46 heavy (non-hydrogen) atoms. The lowest BCUT2D eigenvalue weighted by Crippen LogP contribution is -2.53. The van der Waals surface area contributed by atoms with Gasteiger partial charge in [-0.1, -0.05) is 49.6 Å². The molecule has 1 atom stereocenters. The molecule has 3 aromatic carbocycles. The number of anilines is 1. The molecule has 0 unspecified atom stereocenters. The summed E-state index contributed by atoms with van der Waals surface area (Å²) in [5.41, 5.74) is 2.13. The topological polar surface area (TPSA) is 114 Å². The summed E-state index contributed by atoms with van der Waals surface area (Å²) in [6.07, 6.45) is 4.28. The van der Waals surface area contributed by atoms with E-state index in [0.717, 1.165) is 41.1 Å². The highest BCUT2D eigenvalue weighted by Gasteiger charge is 2.35. The van der Waals surface area contributed by atoms with E-state index in [1.807, 2.05) is 45.0 Å². The maximum absolute atomic E-state index is 14.4. The predicted octanol–water partition coefficient (Wildman–Crippen LogP) is 5.47. The highest BCUT2D eigenvalue weighted by Crippen LogP contribution is 2.33. The molecule has 0 aliphatic heterocycles. The van der Waals surface area contributed by atoms with Crippen molar-refractivity contribution in [3.05, 3.63) is 77.9 Å². The highest BCUT2D eigenvalue weighted by atomic mass is 32.2. The summed E-state index contributed by atoms with van der Waals surface area (Å²) < 4.78 is 46.0. The van der Waals surface area contributed by atoms with Gasteiger partial charge in [0.15, 0.2) is 11.5 Å². The van der Waals surface area contributed by atoms with Gasteiger partial charge in [-0.3, -0.25) is 13.9 Å². The molecule has 0 aromatic heterocycles. The van der Waals surface area contributed by atoms with Crippen LogP contribution in [0.5, 0.6) is 17.2 Å². The van der Waals surface area contributed by atoms with Crippen molar-refractivity contribution in [1.29, 1.82) is 0 Å². The van der Waals surface area contributed by atoms with Crippen LogP contribution in [0.15, 0.2) is 71.6 Å². The largest absolute Gasteiger partial charge is 0.494 e. The number of sulfonamides is 1. The molecule has 0 spiro atoms. The van der Waals surface area contributed by atoms with E-state index >= 15 is 0 Å². The van der Waals surface area contributed by atoms with Crippen molar-refractivity contribution < 1.29 is 32.2 Å². The van der Waals surface area contributed by atoms with Crippen molar-refractivity contribution in [2.45, 2.75) is 76.4 Å². The van der Waals surface area contributed by atoms with E-state index in [1.54, 1.807) is 24.3 Å². The molecule has 0 bridgehead atoms. The molecule has 0 saturated heterocycles. The van der Waals surface area contributed by atoms with E-state index in [-0.39, 0.29) is 34.8 Å². The van der Waals surface area contributed by atoms with Gasteiger partial charge in [0.25, 0.3) is 10.0 Å². The monoisotopic (exact) mass is 651 g/mol. The molecular formula is C35H45N3O7S. The van der Waals surface area contributed by atoms with Gasteiger partial charge in [0, 0.05) is 18.7 Å². The molecule has 1 aliphatic rings. The zero-order chi connectivity index (χ0) is 33.3. The summed E-state index contributed by atoms with van der Waals surface area (Å²) >= 11 is 0. The summed E-state index contributed by atoms with van der Waals surface area (Å²) in [5.74, 6) is 0.432. The fourth-order valence-electron chi connectivity index (χ4n) is 5.80. The van der Waals surface area contributed by atoms with Crippen LogP contribution in [0.25, 0.3) is 0 Å². The lowest BCUT2D eigenvalue weighted by atomic mass is 10.1. The zero-order valence-corrected chi connectivity index (χ0v) is 28.1. The zero-order valence-electron chi connectivity index (χ0n) is 27.3. The second-order valence-corrected chi connectivity index (χ2v) is 13.2. The summed E-state index contributed by atoms with van der Waals surface area (Å²) in [7, 11) is -1.42. The Balaban J connectivity index is 1.75. The minimum atomic E-state index is -4.31. The van der Waals surface area contributed by atoms with Crippen LogP contribution < -0.4 is 23.8 Å². The first-order valence-electron chi connectivity index (χ1n) is 15.7. The average Bonchev–Trinajstić information content (AvgIpc) is 3.56. The lowest BCUT2D eigenvalue weighted by Gasteiger charge is -2.34. The number of carbonyl (C=O) groups is 2. The van der Waals surface area contributed by atoms with Crippen molar-refractivity contribution in [2.75, 3.05) is 31.7 Å². The minimum Gasteiger partial charge on any atom is -0.494 e. The van der Waals surface area contributed by atoms with Gasteiger partial charge < -0.3 is 24.4 Å². The van der Waals surface area contributed by atoms with E-state index < -0.39 is 28.5 Å². The molecule has 248 valence electrons. The summed E-state index contributed by atoms with van der Waals surface area (Å²) in [4.78, 5) is 29.5. The fourth-order valence-corrected chi connectivity index (χ4v) is 7.23. The van der Waals surface area contributed by atoms with Crippen molar-refractivity contribution in [1.82, 2.24) is 10.2 Å². The van der Waals surface area contributed by atoms with Gasteiger partial charge >= 0.3 is 0 Å². The summed E-state index contributed by atoms with van der Waals surface area (Å²) in [6.45, 7) is 5.73. The average molecular weight is 652 g/mol. The van der Waals surface area contributed by atoms with Crippen LogP contribution in [0.1, 0.15) is 57.1 Å².